The van der Waals surface area contributed by atoms with Crippen LogP contribution in [0.5, 0.6) is 0 Å². The second-order valence-electron chi connectivity index (χ2n) is 9.86. The van der Waals surface area contributed by atoms with Crippen LogP contribution in [0.25, 0.3) is 10.6 Å². The predicted molar refractivity (Wildman–Crippen MR) is 126 cm³/mol. The molecule has 2 aliphatic rings. The molecule has 1 aromatic heterocycles. The lowest BCUT2D eigenvalue weighted by Crippen LogP contribution is -2.53. The number of aliphatic hydroxyl groups excluding tert-OH is 1. The highest BCUT2D eigenvalue weighted by atomic mass is 32.1. The van der Waals surface area contributed by atoms with Crippen LogP contribution in [0.1, 0.15) is 50.1 Å². The van der Waals surface area contributed by atoms with Gasteiger partial charge in [0, 0.05) is 29.3 Å². The number of carbonyl (C=O) groups excluding carboxylic acids is 1. The average Bonchev–Trinajstić information content (AvgIpc) is 3.17. The second-order valence-corrected chi connectivity index (χ2v) is 10.9. The van der Waals surface area contributed by atoms with E-state index >= 15 is 0 Å². The molecule has 1 N–H and O–H groups in total. The Morgan fingerprint density at radius 1 is 1.44 bits per heavy atom. The number of nitrogens with zero attached hydrogens (tertiary/aromatic N) is 2. The highest BCUT2D eigenvalue weighted by Gasteiger charge is 2.54. The number of fused-ring (bicyclic) bond motifs is 2. The molecule has 0 radical (unpaired) electrons. The lowest BCUT2D eigenvalue weighted by molar-refractivity contribution is -0.142. The molecule has 0 saturated heterocycles. The van der Waals surface area contributed by atoms with E-state index in [2.05, 4.69) is 19.8 Å². The molecule has 170 valence electrons. The van der Waals surface area contributed by atoms with Gasteiger partial charge in [-0.05, 0) is 60.8 Å². The molecule has 6 heteroatoms. The van der Waals surface area contributed by atoms with E-state index in [-0.39, 0.29) is 47.4 Å². The summed E-state index contributed by atoms with van der Waals surface area (Å²) in [6.07, 6.45) is 7.45. The first kappa shape index (κ1) is 22.9. The van der Waals surface area contributed by atoms with Gasteiger partial charge in [0.05, 0.1) is 18.3 Å². The fourth-order valence-electron chi connectivity index (χ4n) is 6.01. The molecule has 1 amide bonds. The number of hydrogen-bond donors (Lipinski definition) is 1. The Morgan fingerprint density at radius 2 is 2.12 bits per heavy atom. The second kappa shape index (κ2) is 8.61. The van der Waals surface area contributed by atoms with Gasteiger partial charge in [-0.3, -0.25) is 4.79 Å². The maximum absolute atomic E-state index is 13.4. The van der Waals surface area contributed by atoms with Crippen molar-refractivity contribution in [2.45, 2.75) is 52.1 Å². The van der Waals surface area contributed by atoms with Gasteiger partial charge in [-0.2, -0.15) is 0 Å². The van der Waals surface area contributed by atoms with E-state index in [4.69, 9.17) is 11.4 Å². The van der Waals surface area contributed by atoms with Crippen molar-refractivity contribution in [1.29, 1.82) is 0 Å². The van der Waals surface area contributed by atoms with Crippen LogP contribution in [0.3, 0.4) is 0 Å². The Bertz CT molecular complexity index is 1040. The van der Waals surface area contributed by atoms with E-state index in [1.165, 1.54) is 17.0 Å². The van der Waals surface area contributed by atoms with E-state index in [1.807, 2.05) is 6.92 Å². The molecule has 1 heterocycles. The summed E-state index contributed by atoms with van der Waals surface area (Å²) in [6.45, 7) is 6.61. The normalized spacial score (nSPS) is 30.0. The van der Waals surface area contributed by atoms with E-state index in [1.54, 1.807) is 35.4 Å². The molecule has 1 fully saturated rings. The van der Waals surface area contributed by atoms with E-state index in [0.29, 0.717) is 0 Å². The maximum atomic E-state index is 13.4. The molecule has 1 aromatic carbocycles. The van der Waals surface area contributed by atoms with Crippen molar-refractivity contribution in [3.05, 3.63) is 40.7 Å². The summed E-state index contributed by atoms with van der Waals surface area (Å²) in [7, 11) is 1.72. The quantitative estimate of drug-likeness (QED) is 0.680. The molecule has 0 bridgehead atoms. The molecule has 0 spiro atoms. The molecule has 4 nitrogen and oxygen atoms in total. The Kier molecular flexibility index (Phi) is 6.17. The Hall–Kier alpha value is -2.23. The topological polar surface area (TPSA) is 53.4 Å². The number of benzene rings is 1. The molecular formula is C26H31FN2O2S. The molecular weight excluding hydrogens is 423 g/mol. The van der Waals surface area contributed by atoms with Crippen LogP contribution in [0.4, 0.5) is 4.39 Å². The van der Waals surface area contributed by atoms with Gasteiger partial charge in [0.1, 0.15) is 10.8 Å². The number of hydrogen-bond acceptors (Lipinski definition) is 4. The standard InChI is InChI=1S/C26H31FN2O2S/c1-6-13-29(5)25(31)15(2)19-11-12-26(4)14-20-22(16(3)21(26)23(19)30)28-24(32-20)17-7-9-18(27)10-8-17/h1,7-10,15-16,19,21,23,30H,11-14H2,2-5H3/t15-,16-,19+,21+,23-,26-/m0/s1. The molecule has 2 aliphatic carbocycles. The first-order valence-electron chi connectivity index (χ1n) is 11.3. The summed E-state index contributed by atoms with van der Waals surface area (Å²) >= 11 is 1.68. The van der Waals surface area contributed by atoms with Crippen molar-refractivity contribution in [3.8, 4) is 22.9 Å². The summed E-state index contributed by atoms with van der Waals surface area (Å²) in [5, 5.41) is 12.4. The third-order valence-electron chi connectivity index (χ3n) is 7.75. The molecule has 1 saturated carbocycles. The minimum atomic E-state index is -0.578. The largest absolute Gasteiger partial charge is 0.392 e. The van der Waals surface area contributed by atoms with Crippen LogP contribution >= 0.6 is 11.3 Å². The molecule has 32 heavy (non-hydrogen) atoms. The van der Waals surface area contributed by atoms with Gasteiger partial charge in [0.15, 0.2) is 0 Å². The summed E-state index contributed by atoms with van der Waals surface area (Å²) in [4.78, 5) is 20.6. The lowest BCUT2D eigenvalue weighted by atomic mass is 9.53. The lowest BCUT2D eigenvalue weighted by Gasteiger charge is -2.53. The van der Waals surface area contributed by atoms with Crippen molar-refractivity contribution in [3.63, 3.8) is 0 Å². The molecule has 0 aliphatic heterocycles. The number of thiazole rings is 1. The highest BCUT2D eigenvalue weighted by Crippen LogP contribution is 2.57. The summed E-state index contributed by atoms with van der Waals surface area (Å²) in [5.41, 5.74) is 1.92. The van der Waals surface area contributed by atoms with Crippen molar-refractivity contribution >= 4 is 17.2 Å². The number of halogens is 1. The van der Waals surface area contributed by atoms with Crippen LogP contribution in [-0.4, -0.2) is 40.6 Å². The monoisotopic (exact) mass is 454 g/mol. The van der Waals surface area contributed by atoms with Crippen LogP contribution < -0.4 is 0 Å². The van der Waals surface area contributed by atoms with Crippen molar-refractivity contribution in [1.82, 2.24) is 9.88 Å². The third kappa shape index (κ3) is 3.86. The van der Waals surface area contributed by atoms with Gasteiger partial charge in [0.2, 0.25) is 5.91 Å². The van der Waals surface area contributed by atoms with E-state index in [0.717, 1.165) is 35.5 Å². The van der Waals surface area contributed by atoms with E-state index < -0.39 is 6.10 Å². The summed E-state index contributed by atoms with van der Waals surface area (Å²) in [5.74, 6) is 1.99. The number of carbonyl (C=O) groups is 1. The average molecular weight is 455 g/mol. The molecule has 4 rings (SSSR count). The number of terminal acetylenes is 1. The molecule has 2 aromatic rings. The van der Waals surface area contributed by atoms with Crippen LogP contribution in [0.2, 0.25) is 0 Å². The zero-order chi connectivity index (χ0) is 23.2. The SMILES string of the molecule is C#CCN(C)C(=O)[C@@H](C)[C@H]1CC[C@@]2(C)Cc3sc(-c4ccc(F)cc4)nc3[C@@H](C)[C@@H]2[C@H]1O. The number of aromatic nitrogens is 1. The van der Waals surface area contributed by atoms with E-state index in [9.17, 15) is 14.3 Å². The first-order valence-corrected chi connectivity index (χ1v) is 12.1. The summed E-state index contributed by atoms with van der Waals surface area (Å²) < 4.78 is 13.4. The first-order chi connectivity index (χ1) is 15.2. The zero-order valence-corrected chi connectivity index (χ0v) is 20.0. The molecule has 0 unspecified atom stereocenters. The number of rotatable bonds is 4. The van der Waals surface area contributed by atoms with Gasteiger partial charge < -0.3 is 10.0 Å². The Morgan fingerprint density at radius 3 is 2.78 bits per heavy atom. The Labute approximate surface area is 193 Å². The minimum Gasteiger partial charge on any atom is -0.392 e. The number of aliphatic hydroxyl groups is 1. The maximum Gasteiger partial charge on any atom is 0.226 e. The van der Waals surface area contributed by atoms with Crippen LogP contribution in [0.15, 0.2) is 24.3 Å². The smallest absolute Gasteiger partial charge is 0.226 e. The fraction of sp³-hybridized carbons (Fsp3) is 0.538. The van der Waals surface area contributed by atoms with Gasteiger partial charge in [-0.1, -0.05) is 26.7 Å². The van der Waals surface area contributed by atoms with Crippen molar-refractivity contribution in [2.75, 3.05) is 13.6 Å². The number of amides is 1. The van der Waals surface area contributed by atoms with Crippen LogP contribution in [-0.2, 0) is 11.2 Å². The zero-order valence-electron chi connectivity index (χ0n) is 19.1. The van der Waals surface area contributed by atoms with Crippen LogP contribution in [0, 0.1) is 41.3 Å². The fourth-order valence-corrected chi connectivity index (χ4v) is 7.38. The Balaban J connectivity index is 1.61. The van der Waals surface area contributed by atoms with Gasteiger partial charge in [0.25, 0.3) is 0 Å². The minimum absolute atomic E-state index is 0.00740. The predicted octanol–water partition coefficient (Wildman–Crippen LogP) is 4.73. The summed E-state index contributed by atoms with van der Waals surface area (Å²) in [6, 6.07) is 6.46. The van der Waals surface area contributed by atoms with Gasteiger partial charge >= 0.3 is 0 Å². The third-order valence-corrected chi connectivity index (χ3v) is 8.87. The van der Waals surface area contributed by atoms with Gasteiger partial charge in [-0.15, -0.1) is 17.8 Å². The van der Waals surface area contributed by atoms with Crippen molar-refractivity contribution in [2.24, 2.45) is 23.2 Å². The molecule has 6 atom stereocenters. The van der Waals surface area contributed by atoms with Gasteiger partial charge in [-0.25, -0.2) is 9.37 Å². The van der Waals surface area contributed by atoms with Crippen molar-refractivity contribution < 1.29 is 14.3 Å². The highest BCUT2D eigenvalue weighted by molar-refractivity contribution is 7.15.